The van der Waals surface area contributed by atoms with Crippen LogP contribution in [0.3, 0.4) is 0 Å². The molecule has 108 valence electrons. The number of non-ortho nitro benzene ring substituents is 1. The second-order valence-electron chi connectivity index (χ2n) is 4.05. The molecule has 0 spiro atoms. The number of carbonyl (C=O) groups is 1. The average Bonchev–Trinajstić information content (AvgIpc) is 2.83. The van der Waals surface area contributed by atoms with Crippen LogP contribution in [0.25, 0.3) is 0 Å². The van der Waals surface area contributed by atoms with Gasteiger partial charge in [0.15, 0.2) is 0 Å². The summed E-state index contributed by atoms with van der Waals surface area (Å²) in [6, 6.07) is 5.62. The molecule has 2 rings (SSSR count). The van der Waals surface area contributed by atoms with E-state index in [1.54, 1.807) is 6.07 Å². The number of hydrogen-bond acceptors (Lipinski definition) is 6. The van der Waals surface area contributed by atoms with E-state index in [-0.39, 0.29) is 12.2 Å². The molecule has 0 aliphatic carbocycles. The zero-order valence-electron chi connectivity index (χ0n) is 10.4. The van der Waals surface area contributed by atoms with Crippen LogP contribution in [0, 0.1) is 20.2 Å². The van der Waals surface area contributed by atoms with E-state index in [0.29, 0.717) is 5.56 Å². The summed E-state index contributed by atoms with van der Waals surface area (Å²) < 4.78 is 1.06. The third-order valence-corrected chi connectivity index (χ3v) is 2.61. The number of aromatic carboxylic acids is 1. The fraction of sp³-hybridized carbons (Fsp3) is 0.0909. The molecule has 10 heteroatoms. The van der Waals surface area contributed by atoms with Crippen LogP contribution in [0.4, 0.5) is 11.4 Å². The molecule has 1 aromatic heterocycles. The molecule has 0 amide bonds. The molecule has 2 aromatic rings. The molecule has 0 fully saturated rings. The molecule has 0 aliphatic rings. The van der Waals surface area contributed by atoms with Gasteiger partial charge >= 0.3 is 11.7 Å². The number of nitrogens with zero attached hydrogens (tertiary/aromatic N) is 4. The highest BCUT2D eigenvalue weighted by Crippen LogP contribution is 2.19. The molecular formula is C11H8N4O6. The maximum atomic E-state index is 10.9. The Balaban J connectivity index is 2.34. The Hall–Kier alpha value is -3.30. The monoisotopic (exact) mass is 292 g/mol. The van der Waals surface area contributed by atoms with E-state index in [2.05, 4.69) is 5.10 Å². The van der Waals surface area contributed by atoms with Crippen molar-refractivity contribution >= 4 is 17.3 Å². The minimum absolute atomic E-state index is 0.0181. The number of carboxylic acid groups (broad SMARTS) is 1. The molecule has 10 nitrogen and oxygen atoms in total. The van der Waals surface area contributed by atoms with E-state index in [9.17, 15) is 25.0 Å². The summed E-state index contributed by atoms with van der Waals surface area (Å²) in [5.41, 5.74) is -0.968. The lowest BCUT2D eigenvalue weighted by atomic mass is 10.2. The van der Waals surface area contributed by atoms with Crippen molar-refractivity contribution in [2.45, 2.75) is 6.54 Å². The fourth-order valence-corrected chi connectivity index (χ4v) is 1.73. The summed E-state index contributed by atoms with van der Waals surface area (Å²) in [6.07, 6.45) is 0.974. The lowest BCUT2D eigenvalue weighted by Gasteiger charge is -2.00. The van der Waals surface area contributed by atoms with Crippen LogP contribution in [0.1, 0.15) is 16.1 Å². The van der Waals surface area contributed by atoms with Crippen molar-refractivity contribution in [1.29, 1.82) is 0 Å². The summed E-state index contributed by atoms with van der Waals surface area (Å²) in [4.78, 5) is 30.8. The van der Waals surface area contributed by atoms with Crippen LogP contribution in [0.5, 0.6) is 0 Å². The van der Waals surface area contributed by atoms with Gasteiger partial charge in [-0.2, -0.15) is 5.10 Å². The maximum absolute atomic E-state index is 10.9. The van der Waals surface area contributed by atoms with Gasteiger partial charge in [-0.15, -0.1) is 0 Å². The lowest BCUT2D eigenvalue weighted by molar-refractivity contribution is -0.385. The van der Waals surface area contributed by atoms with Gasteiger partial charge in [0.2, 0.25) is 5.69 Å². The predicted octanol–water partition coefficient (Wildman–Crippen LogP) is 1.45. The summed E-state index contributed by atoms with van der Waals surface area (Å²) >= 11 is 0. The number of rotatable bonds is 5. The Labute approximate surface area is 116 Å². The van der Waals surface area contributed by atoms with Gasteiger partial charge < -0.3 is 5.11 Å². The topological polar surface area (TPSA) is 141 Å². The van der Waals surface area contributed by atoms with Gasteiger partial charge in [-0.25, -0.2) is 4.79 Å². The van der Waals surface area contributed by atoms with E-state index in [4.69, 9.17) is 5.11 Å². The van der Waals surface area contributed by atoms with E-state index in [0.717, 1.165) is 10.9 Å². The Kier molecular flexibility index (Phi) is 3.61. The zero-order chi connectivity index (χ0) is 15.6. The highest BCUT2D eigenvalue weighted by molar-refractivity contribution is 5.89. The van der Waals surface area contributed by atoms with Gasteiger partial charge in [-0.3, -0.25) is 24.9 Å². The molecule has 1 aromatic carbocycles. The number of nitro groups is 2. The number of hydrogen-bond donors (Lipinski definition) is 1. The van der Waals surface area contributed by atoms with Crippen LogP contribution in [-0.4, -0.2) is 30.7 Å². The Bertz CT molecular complexity index is 707. The molecule has 0 radical (unpaired) electrons. The predicted molar refractivity (Wildman–Crippen MR) is 68.0 cm³/mol. The molecule has 0 saturated carbocycles. The van der Waals surface area contributed by atoms with Gasteiger partial charge in [0.05, 0.1) is 16.4 Å². The van der Waals surface area contributed by atoms with Gasteiger partial charge in [0.1, 0.15) is 6.20 Å². The van der Waals surface area contributed by atoms with Crippen LogP contribution in [0.2, 0.25) is 0 Å². The molecule has 1 N–H and O–H groups in total. The quantitative estimate of drug-likeness (QED) is 0.649. The summed E-state index contributed by atoms with van der Waals surface area (Å²) in [5.74, 6) is -1.51. The first-order valence-electron chi connectivity index (χ1n) is 5.57. The first-order chi connectivity index (χ1) is 9.88. The summed E-state index contributed by atoms with van der Waals surface area (Å²) in [7, 11) is 0. The minimum atomic E-state index is -1.51. The fourth-order valence-electron chi connectivity index (χ4n) is 1.73. The van der Waals surface area contributed by atoms with Crippen LogP contribution in [0.15, 0.2) is 30.5 Å². The zero-order valence-corrected chi connectivity index (χ0v) is 10.4. The van der Waals surface area contributed by atoms with Crippen molar-refractivity contribution in [3.63, 3.8) is 0 Å². The lowest BCUT2D eigenvalue weighted by Crippen LogP contribution is -2.04. The van der Waals surface area contributed by atoms with E-state index >= 15 is 0 Å². The molecular weight excluding hydrogens is 284 g/mol. The van der Waals surface area contributed by atoms with E-state index < -0.39 is 27.2 Å². The third-order valence-electron chi connectivity index (χ3n) is 2.61. The van der Waals surface area contributed by atoms with Crippen molar-refractivity contribution in [3.05, 3.63) is 61.9 Å². The Morgan fingerprint density at radius 3 is 2.52 bits per heavy atom. The van der Waals surface area contributed by atoms with Gasteiger partial charge in [-0.05, 0) is 5.56 Å². The smallest absolute Gasteiger partial charge is 0.363 e. The normalized spacial score (nSPS) is 10.3. The minimum Gasteiger partial charge on any atom is -0.476 e. The van der Waals surface area contributed by atoms with Crippen molar-refractivity contribution < 1.29 is 19.7 Å². The van der Waals surface area contributed by atoms with Gasteiger partial charge in [0, 0.05) is 12.1 Å². The van der Waals surface area contributed by atoms with Gasteiger partial charge in [-0.1, -0.05) is 12.1 Å². The van der Waals surface area contributed by atoms with Crippen LogP contribution >= 0.6 is 0 Å². The average molecular weight is 292 g/mol. The molecule has 0 aliphatic heterocycles. The molecule has 0 saturated heterocycles. The van der Waals surface area contributed by atoms with Crippen molar-refractivity contribution in [3.8, 4) is 0 Å². The summed E-state index contributed by atoms with van der Waals surface area (Å²) in [5, 5.41) is 33.8. The van der Waals surface area contributed by atoms with Gasteiger partial charge in [0.25, 0.3) is 5.69 Å². The maximum Gasteiger partial charge on any atom is 0.363 e. The second kappa shape index (κ2) is 5.36. The molecule has 0 unspecified atom stereocenters. The van der Waals surface area contributed by atoms with E-state index in [1.807, 2.05) is 0 Å². The summed E-state index contributed by atoms with van der Waals surface area (Å²) in [6.45, 7) is -0.0181. The second-order valence-corrected chi connectivity index (χ2v) is 4.05. The molecule has 0 bridgehead atoms. The number of nitro benzene ring substituents is 1. The molecule has 1 heterocycles. The SMILES string of the molecule is O=C(O)c1nn(Cc2cccc([N+](=O)[O-])c2)cc1[N+](=O)[O-]. The number of carboxylic acids is 1. The van der Waals surface area contributed by atoms with Crippen LogP contribution < -0.4 is 0 Å². The third kappa shape index (κ3) is 3.00. The Morgan fingerprint density at radius 2 is 2.00 bits per heavy atom. The highest BCUT2D eigenvalue weighted by atomic mass is 16.6. The van der Waals surface area contributed by atoms with Crippen molar-refractivity contribution in [2.75, 3.05) is 0 Å². The molecule has 0 atom stereocenters. The van der Waals surface area contributed by atoms with Crippen molar-refractivity contribution in [2.24, 2.45) is 0 Å². The first-order valence-corrected chi connectivity index (χ1v) is 5.57. The number of aromatic nitrogens is 2. The molecule has 21 heavy (non-hydrogen) atoms. The van der Waals surface area contributed by atoms with Crippen molar-refractivity contribution in [1.82, 2.24) is 9.78 Å². The van der Waals surface area contributed by atoms with E-state index in [1.165, 1.54) is 18.2 Å². The first kappa shape index (κ1) is 14.1. The Morgan fingerprint density at radius 1 is 1.29 bits per heavy atom. The van der Waals surface area contributed by atoms with Crippen LogP contribution in [-0.2, 0) is 6.54 Å². The standard InChI is InChI=1S/C11H8N4O6/c16-11(17)10-9(15(20)21)6-13(12-10)5-7-2-1-3-8(4-7)14(18)19/h1-4,6H,5H2,(H,16,17). The highest BCUT2D eigenvalue weighted by Gasteiger charge is 2.25. The number of benzene rings is 1. The largest absolute Gasteiger partial charge is 0.476 e.